The normalized spacial score (nSPS) is 19.3. The lowest BCUT2D eigenvalue weighted by atomic mass is 10.0. The van der Waals surface area contributed by atoms with Gasteiger partial charge in [0.15, 0.2) is 5.60 Å². The predicted octanol–water partition coefficient (Wildman–Crippen LogP) is 1.99. The van der Waals surface area contributed by atoms with Crippen LogP contribution in [0.5, 0.6) is 0 Å². The molecule has 1 aromatic rings. The van der Waals surface area contributed by atoms with E-state index in [2.05, 4.69) is 6.07 Å². The van der Waals surface area contributed by atoms with E-state index in [1.807, 2.05) is 30.3 Å². The van der Waals surface area contributed by atoms with Crippen LogP contribution < -0.4 is 0 Å². The average molecular weight is 333 g/mol. The van der Waals surface area contributed by atoms with Crippen molar-refractivity contribution in [3.05, 3.63) is 48.0 Å². The minimum atomic E-state index is -1.26. The Labute approximate surface area is 139 Å². The van der Waals surface area contributed by atoms with E-state index >= 15 is 0 Å². The number of rotatable bonds is 6. The topological polar surface area (TPSA) is 117 Å². The Morgan fingerprint density at radius 1 is 1.25 bits per heavy atom. The summed E-state index contributed by atoms with van der Waals surface area (Å²) in [6.07, 6.45) is 2.84. The molecule has 1 atom stereocenters. The molecule has 0 aliphatic carbocycles. The van der Waals surface area contributed by atoms with E-state index in [-0.39, 0.29) is 0 Å². The second kappa shape index (κ2) is 10.2. The van der Waals surface area contributed by atoms with E-state index in [1.54, 1.807) is 0 Å². The summed E-state index contributed by atoms with van der Waals surface area (Å²) in [4.78, 5) is 19.1. The second-order valence-electron chi connectivity index (χ2n) is 5.05. The molecule has 0 aromatic heterocycles. The van der Waals surface area contributed by atoms with Crippen LogP contribution in [0.25, 0.3) is 0 Å². The van der Waals surface area contributed by atoms with Gasteiger partial charge in [0, 0.05) is 18.8 Å². The zero-order valence-corrected chi connectivity index (χ0v) is 13.1. The van der Waals surface area contributed by atoms with Crippen molar-refractivity contribution < 1.29 is 29.3 Å². The van der Waals surface area contributed by atoms with Gasteiger partial charge in [-0.25, -0.2) is 9.59 Å². The van der Waals surface area contributed by atoms with Gasteiger partial charge in [-0.15, -0.1) is 0 Å². The van der Waals surface area contributed by atoms with E-state index in [0.29, 0.717) is 32.0 Å². The first kappa shape index (κ1) is 19.4. The Morgan fingerprint density at radius 2 is 1.88 bits per heavy atom. The third kappa shape index (κ3) is 7.54. The lowest BCUT2D eigenvalue weighted by molar-refractivity contribution is -0.134. The fraction of sp³-hybridized carbons (Fsp3) is 0.353. The van der Waals surface area contributed by atoms with Crippen LogP contribution in [0.2, 0.25) is 0 Å². The molecular formula is C17H19NO6. The molecule has 7 nitrogen and oxygen atoms in total. The number of carboxylic acid groups (broad SMARTS) is 2. The van der Waals surface area contributed by atoms with E-state index < -0.39 is 17.5 Å². The molecule has 1 heterocycles. The monoisotopic (exact) mass is 333 g/mol. The Hall–Kier alpha value is -2.69. The maximum Gasteiger partial charge on any atom is 0.328 e. The van der Waals surface area contributed by atoms with Gasteiger partial charge in [-0.3, -0.25) is 0 Å². The van der Waals surface area contributed by atoms with Crippen molar-refractivity contribution in [1.29, 1.82) is 5.26 Å². The van der Waals surface area contributed by atoms with Crippen molar-refractivity contribution in [2.75, 3.05) is 13.2 Å². The van der Waals surface area contributed by atoms with Gasteiger partial charge in [0.1, 0.15) is 6.07 Å². The molecule has 128 valence electrons. The van der Waals surface area contributed by atoms with Crippen LogP contribution >= 0.6 is 0 Å². The summed E-state index contributed by atoms with van der Waals surface area (Å²) in [5.41, 5.74) is 0.419. The molecule has 7 heteroatoms. The molecule has 0 spiro atoms. The maximum absolute atomic E-state index is 9.55. The van der Waals surface area contributed by atoms with Gasteiger partial charge in [0.25, 0.3) is 0 Å². The van der Waals surface area contributed by atoms with Crippen LogP contribution in [0, 0.1) is 11.3 Å². The highest BCUT2D eigenvalue weighted by Gasteiger charge is 2.35. The average Bonchev–Trinajstić information content (AvgIpc) is 3.04. The number of aliphatic carboxylic acids is 2. The van der Waals surface area contributed by atoms with Crippen LogP contribution in [-0.4, -0.2) is 41.0 Å². The molecule has 1 aromatic carbocycles. The Bertz CT molecular complexity index is 583. The summed E-state index contributed by atoms with van der Waals surface area (Å²) in [7, 11) is 0. The predicted molar refractivity (Wildman–Crippen MR) is 84.0 cm³/mol. The van der Waals surface area contributed by atoms with Gasteiger partial charge >= 0.3 is 11.9 Å². The molecule has 24 heavy (non-hydrogen) atoms. The number of nitriles is 1. The lowest BCUT2D eigenvalue weighted by Crippen LogP contribution is -2.31. The van der Waals surface area contributed by atoms with E-state index in [0.717, 1.165) is 18.4 Å². The third-order valence-electron chi connectivity index (χ3n) is 3.12. The molecule has 1 unspecified atom stereocenters. The molecule has 2 N–H and O–H groups in total. The summed E-state index contributed by atoms with van der Waals surface area (Å²) in [5, 5.41) is 24.7. The molecule has 1 aliphatic rings. The zero-order valence-electron chi connectivity index (χ0n) is 13.1. The molecular weight excluding hydrogens is 314 g/mol. The highest BCUT2D eigenvalue weighted by atomic mass is 16.5. The summed E-state index contributed by atoms with van der Waals surface area (Å²) < 4.78 is 11.0. The minimum Gasteiger partial charge on any atom is -0.478 e. The highest BCUT2D eigenvalue weighted by Crippen LogP contribution is 2.25. The van der Waals surface area contributed by atoms with Gasteiger partial charge in [0.05, 0.1) is 13.2 Å². The Balaban J connectivity index is 0.000000307. The van der Waals surface area contributed by atoms with Crippen LogP contribution in [0.4, 0.5) is 0 Å². The van der Waals surface area contributed by atoms with Crippen molar-refractivity contribution in [2.24, 2.45) is 0 Å². The molecule has 1 fully saturated rings. The summed E-state index contributed by atoms with van der Waals surface area (Å²) in [5.74, 6) is -2.51. The second-order valence-corrected chi connectivity index (χ2v) is 5.05. The molecule has 2 rings (SSSR count). The number of hydrogen-bond acceptors (Lipinski definition) is 5. The number of ether oxygens (including phenoxy) is 2. The van der Waals surface area contributed by atoms with Gasteiger partial charge in [-0.05, 0) is 18.4 Å². The van der Waals surface area contributed by atoms with Gasteiger partial charge in [-0.2, -0.15) is 5.26 Å². The van der Waals surface area contributed by atoms with Crippen molar-refractivity contribution >= 4 is 11.9 Å². The zero-order chi connectivity index (χ0) is 17.8. The summed E-state index contributed by atoms with van der Waals surface area (Å²) >= 11 is 0. The smallest absolute Gasteiger partial charge is 0.328 e. The fourth-order valence-electron chi connectivity index (χ4n) is 1.98. The van der Waals surface area contributed by atoms with Crippen molar-refractivity contribution in [3.63, 3.8) is 0 Å². The highest BCUT2D eigenvalue weighted by molar-refractivity contribution is 5.89. The first-order chi connectivity index (χ1) is 11.5. The molecule has 0 radical (unpaired) electrons. The first-order valence-electron chi connectivity index (χ1n) is 7.28. The number of carbonyl (C=O) groups is 2. The maximum atomic E-state index is 9.55. The van der Waals surface area contributed by atoms with Gasteiger partial charge in [-0.1, -0.05) is 30.3 Å². The van der Waals surface area contributed by atoms with Gasteiger partial charge in [0.2, 0.25) is 0 Å². The Morgan fingerprint density at radius 3 is 2.33 bits per heavy atom. The first-order valence-corrected chi connectivity index (χ1v) is 7.28. The third-order valence-corrected chi connectivity index (χ3v) is 3.12. The molecule has 0 saturated carbocycles. The van der Waals surface area contributed by atoms with Crippen LogP contribution in [0.3, 0.4) is 0 Å². The number of hydrogen-bond donors (Lipinski definition) is 2. The molecule has 1 aliphatic heterocycles. The number of nitrogens with zero attached hydrogens (tertiary/aromatic N) is 1. The molecule has 0 bridgehead atoms. The molecule has 0 amide bonds. The minimum absolute atomic E-state index is 0.360. The van der Waals surface area contributed by atoms with Crippen molar-refractivity contribution in [1.82, 2.24) is 0 Å². The van der Waals surface area contributed by atoms with E-state index in [4.69, 9.17) is 24.9 Å². The SMILES string of the molecule is N#CC1(COCc2ccccc2)CCCO1.O=C(O)/C=C\C(=O)O. The number of benzene rings is 1. The van der Waals surface area contributed by atoms with Crippen LogP contribution in [0.15, 0.2) is 42.5 Å². The Kier molecular flexibility index (Phi) is 8.19. The van der Waals surface area contributed by atoms with Crippen molar-refractivity contribution in [3.8, 4) is 6.07 Å². The fourth-order valence-corrected chi connectivity index (χ4v) is 1.98. The lowest BCUT2D eigenvalue weighted by Gasteiger charge is -2.19. The largest absolute Gasteiger partial charge is 0.478 e. The summed E-state index contributed by atoms with van der Waals surface area (Å²) in [6, 6.07) is 12.2. The van der Waals surface area contributed by atoms with E-state index in [1.165, 1.54) is 0 Å². The van der Waals surface area contributed by atoms with Crippen LogP contribution in [-0.2, 0) is 25.7 Å². The van der Waals surface area contributed by atoms with Crippen molar-refractivity contribution in [2.45, 2.75) is 25.0 Å². The van der Waals surface area contributed by atoms with Crippen LogP contribution in [0.1, 0.15) is 18.4 Å². The standard InChI is InChI=1S/C13H15NO2.C4H4O4/c14-10-13(7-4-8-16-13)11-15-9-12-5-2-1-3-6-12;5-3(6)1-2-4(7)8/h1-3,5-6H,4,7-9,11H2;1-2H,(H,5,6)(H,7,8)/b;2-1-. The van der Waals surface area contributed by atoms with Gasteiger partial charge < -0.3 is 19.7 Å². The quantitative estimate of drug-likeness (QED) is 0.764. The number of carboxylic acids is 2. The van der Waals surface area contributed by atoms with E-state index in [9.17, 15) is 9.59 Å². The summed E-state index contributed by atoms with van der Waals surface area (Å²) in [6.45, 7) is 1.56. The molecule has 1 saturated heterocycles.